The summed E-state index contributed by atoms with van der Waals surface area (Å²) >= 11 is 3.63. The van der Waals surface area contributed by atoms with Crippen molar-refractivity contribution in [1.29, 1.82) is 0 Å². The average Bonchev–Trinajstić information content (AvgIpc) is 3.54. The lowest BCUT2D eigenvalue weighted by molar-refractivity contribution is 0.216. The first-order valence-corrected chi connectivity index (χ1v) is 11.7. The molecular weight excluding hydrogens is 468 g/mol. The molecule has 1 saturated carbocycles. The predicted octanol–water partition coefficient (Wildman–Crippen LogP) is 6.08. The lowest BCUT2D eigenvalue weighted by Crippen LogP contribution is -2.01. The molecule has 0 spiro atoms. The number of ether oxygens (including phenoxy) is 1. The molecule has 0 amide bonds. The first-order chi connectivity index (χ1) is 15.5. The second kappa shape index (κ2) is 10.2. The number of rotatable bonds is 5. The third-order valence-electron chi connectivity index (χ3n) is 4.98. The zero-order valence-electron chi connectivity index (χ0n) is 18.3. The number of hydrogen-bond donors (Lipinski definition) is 1. The molecule has 0 atom stereocenters. The monoisotopic (exact) mass is 494 g/mol. The average molecular weight is 495 g/mol. The van der Waals surface area contributed by atoms with E-state index in [0.717, 1.165) is 45.5 Å². The van der Waals surface area contributed by atoms with E-state index < -0.39 is 0 Å². The Bertz CT molecular complexity index is 1160. The second-order valence-corrected chi connectivity index (χ2v) is 9.02. The normalized spacial score (nSPS) is 15.3. The lowest BCUT2D eigenvalue weighted by atomic mass is 10.1. The van der Waals surface area contributed by atoms with Crippen LogP contribution in [0, 0.1) is 5.92 Å². The van der Waals surface area contributed by atoms with Gasteiger partial charge in [-0.2, -0.15) is 0 Å². The maximum absolute atomic E-state index is 8.06. The smallest absolute Gasteiger partial charge is 0.219 e. The number of aromatic nitrogens is 4. The van der Waals surface area contributed by atoms with Crippen molar-refractivity contribution in [2.45, 2.75) is 45.8 Å². The van der Waals surface area contributed by atoms with Crippen LogP contribution in [0.5, 0.6) is 11.6 Å². The summed E-state index contributed by atoms with van der Waals surface area (Å²) in [5.74, 6) is 1.97. The maximum atomic E-state index is 8.06. The largest absolute Gasteiger partial charge is 0.438 e. The molecule has 32 heavy (non-hydrogen) atoms. The molecule has 7 heteroatoms. The number of aliphatic hydroxyl groups excluding tert-OH is 1. The summed E-state index contributed by atoms with van der Waals surface area (Å²) in [6.07, 6.45) is 15.7. The van der Waals surface area contributed by atoms with Crippen LogP contribution in [-0.2, 0) is 6.54 Å². The van der Waals surface area contributed by atoms with E-state index in [0.29, 0.717) is 11.6 Å². The Balaban J connectivity index is 0.000000567. The molecule has 3 aromatic rings. The molecule has 166 valence electrons. The van der Waals surface area contributed by atoms with E-state index in [9.17, 15) is 0 Å². The van der Waals surface area contributed by atoms with Crippen molar-refractivity contribution in [3.8, 4) is 11.6 Å². The molecule has 1 aromatic carbocycles. The molecular formula is C25H27BrN4O2. The Morgan fingerprint density at radius 2 is 2.00 bits per heavy atom. The number of pyridine rings is 1. The van der Waals surface area contributed by atoms with Crippen LogP contribution in [0.4, 0.5) is 0 Å². The van der Waals surface area contributed by atoms with Gasteiger partial charge in [-0.1, -0.05) is 35.6 Å². The number of halogens is 1. The first kappa shape index (κ1) is 22.4. The van der Waals surface area contributed by atoms with Crippen LogP contribution in [0.2, 0.25) is 0 Å². The number of nitrogens with zero attached hydrogens (tertiary/aromatic N) is 4. The summed E-state index contributed by atoms with van der Waals surface area (Å²) in [5, 5.41) is 16.7. The Labute approximate surface area is 196 Å². The van der Waals surface area contributed by atoms with Crippen LogP contribution in [0.25, 0.3) is 16.6 Å². The number of benzene rings is 1. The molecule has 0 unspecified atom stereocenters. The van der Waals surface area contributed by atoms with Crippen molar-refractivity contribution in [3.63, 3.8) is 0 Å². The van der Waals surface area contributed by atoms with E-state index in [1.54, 1.807) is 13.8 Å². The summed E-state index contributed by atoms with van der Waals surface area (Å²) in [6, 6.07) is 7.87. The summed E-state index contributed by atoms with van der Waals surface area (Å²) in [7, 11) is 0. The highest BCUT2D eigenvalue weighted by atomic mass is 79.9. The van der Waals surface area contributed by atoms with E-state index in [4.69, 9.17) is 9.84 Å². The van der Waals surface area contributed by atoms with Gasteiger partial charge in [0.25, 0.3) is 0 Å². The standard InChI is InChI=1S/C22H19BrN4O.C3H8O/c23-21-19(11-10-18-22(21)25-26-27(18)14-15-7-8-15)28-20-12-9-17(13-24-20)16-5-3-1-2-4-6-16;1-3(2)4/h1,3-6,9-13,15H,2,7-8,14H2;3-4H,1-2H3. The molecule has 0 aliphatic heterocycles. The minimum atomic E-state index is -0.167. The van der Waals surface area contributed by atoms with Gasteiger partial charge in [0.15, 0.2) is 0 Å². The highest BCUT2D eigenvalue weighted by molar-refractivity contribution is 9.10. The van der Waals surface area contributed by atoms with E-state index in [-0.39, 0.29) is 6.10 Å². The van der Waals surface area contributed by atoms with Crippen molar-refractivity contribution in [1.82, 2.24) is 20.0 Å². The lowest BCUT2D eigenvalue weighted by Gasteiger charge is -2.09. The second-order valence-electron chi connectivity index (χ2n) is 8.23. The van der Waals surface area contributed by atoms with Gasteiger partial charge < -0.3 is 9.84 Å². The topological polar surface area (TPSA) is 73.1 Å². The molecule has 2 aromatic heterocycles. The van der Waals surface area contributed by atoms with Crippen LogP contribution < -0.4 is 4.74 Å². The molecule has 5 rings (SSSR count). The summed E-state index contributed by atoms with van der Waals surface area (Å²) < 4.78 is 8.79. The van der Waals surface area contributed by atoms with Gasteiger partial charge in [0.05, 0.1) is 9.99 Å². The molecule has 6 nitrogen and oxygen atoms in total. The fourth-order valence-corrected chi connectivity index (χ4v) is 3.74. The van der Waals surface area contributed by atoms with Gasteiger partial charge in [0.1, 0.15) is 11.3 Å². The molecule has 2 aliphatic rings. The van der Waals surface area contributed by atoms with Crippen molar-refractivity contribution >= 4 is 32.5 Å². The summed E-state index contributed by atoms with van der Waals surface area (Å²) in [6.45, 7) is 4.38. The summed E-state index contributed by atoms with van der Waals surface area (Å²) in [4.78, 5) is 4.47. The zero-order chi connectivity index (χ0) is 22.5. The van der Waals surface area contributed by atoms with Crippen LogP contribution in [0.1, 0.15) is 38.7 Å². The van der Waals surface area contributed by atoms with Crippen molar-refractivity contribution in [2.75, 3.05) is 0 Å². The molecule has 2 aliphatic carbocycles. The number of aliphatic hydroxyl groups is 1. The Hall–Kier alpha value is -2.77. The molecule has 2 heterocycles. The Morgan fingerprint density at radius 1 is 1.19 bits per heavy atom. The Kier molecular flexibility index (Phi) is 7.17. The van der Waals surface area contributed by atoms with Gasteiger partial charge >= 0.3 is 0 Å². The maximum Gasteiger partial charge on any atom is 0.219 e. The van der Waals surface area contributed by atoms with Gasteiger partial charge in [-0.25, -0.2) is 9.67 Å². The minimum Gasteiger partial charge on any atom is -0.438 e. The quantitative estimate of drug-likeness (QED) is 0.465. The van der Waals surface area contributed by atoms with Crippen LogP contribution in [0.3, 0.4) is 0 Å². The third kappa shape index (κ3) is 5.72. The van der Waals surface area contributed by atoms with Gasteiger partial charge in [-0.15, -0.1) is 5.10 Å². The number of hydrogen-bond acceptors (Lipinski definition) is 5. The fraction of sp³-hybridized carbons (Fsp3) is 0.320. The van der Waals surface area contributed by atoms with Crippen molar-refractivity contribution in [2.24, 2.45) is 5.92 Å². The van der Waals surface area contributed by atoms with Gasteiger partial charge in [-0.3, -0.25) is 0 Å². The molecule has 1 N–H and O–H groups in total. The van der Waals surface area contributed by atoms with Crippen molar-refractivity contribution in [3.05, 3.63) is 70.9 Å². The van der Waals surface area contributed by atoms with Crippen LogP contribution in [-0.4, -0.2) is 31.2 Å². The van der Waals surface area contributed by atoms with Gasteiger partial charge in [-0.05, 0) is 78.7 Å². The predicted molar refractivity (Wildman–Crippen MR) is 130 cm³/mol. The van der Waals surface area contributed by atoms with E-state index >= 15 is 0 Å². The number of fused-ring (bicyclic) bond motifs is 1. The van der Waals surface area contributed by atoms with Gasteiger partial charge in [0.2, 0.25) is 5.88 Å². The summed E-state index contributed by atoms with van der Waals surface area (Å²) in [5.41, 5.74) is 4.04. The van der Waals surface area contributed by atoms with E-state index in [2.05, 4.69) is 61.6 Å². The Morgan fingerprint density at radius 3 is 2.72 bits per heavy atom. The SMILES string of the molecule is Brc1c(Oc2ccc(C3=CC=CCC=C3)cn2)ccc2c1nnn2CC1CC1.CC(C)O. The van der Waals surface area contributed by atoms with Crippen LogP contribution in [0.15, 0.2) is 65.3 Å². The highest BCUT2D eigenvalue weighted by Gasteiger charge is 2.24. The highest BCUT2D eigenvalue weighted by Crippen LogP contribution is 2.36. The van der Waals surface area contributed by atoms with E-state index in [1.165, 1.54) is 12.8 Å². The minimum absolute atomic E-state index is 0.167. The van der Waals surface area contributed by atoms with E-state index in [1.807, 2.05) is 35.1 Å². The zero-order valence-corrected chi connectivity index (χ0v) is 19.9. The molecule has 0 radical (unpaired) electrons. The van der Waals surface area contributed by atoms with Crippen LogP contribution >= 0.6 is 15.9 Å². The molecule has 0 bridgehead atoms. The van der Waals surface area contributed by atoms with Crippen molar-refractivity contribution < 1.29 is 9.84 Å². The third-order valence-corrected chi connectivity index (χ3v) is 5.75. The fourth-order valence-electron chi connectivity index (χ4n) is 3.24. The van der Waals surface area contributed by atoms with Gasteiger partial charge in [0, 0.05) is 30.5 Å². The molecule has 1 fully saturated rings. The first-order valence-electron chi connectivity index (χ1n) is 10.9. The molecule has 0 saturated heterocycles. The number of allylic oxidation sites excluding steroid dienone is 6.